The summed E-state index contributed by atoms with van der Waals surface area (Å²) < 4.78 is 1.16. The highest BCUT2D eigenvalue weighted by Crippen LogP contribution is 2.24. The normalized spacial score (nSPS) is 9.96. The number of nitrogens with one attached hydrogen (secondary N) is 2. The van der Waals surface area contributed by atoms with Crippen molar-refractivity contribution in [1.29, 1.82) is 0 Å². The maximum absolute atomic E-state index is 12.2. The van der Waals surface area contributed by atoms with Crippen molar-refractivity contribution in [2.24, 2.45) is 0 Å². The number of benzene rings is 2. The number of amides is 3. The van der Waals surface area contributed by atoms with E-state index < -0.39 is 6.03 Å². The molecule has 0 fully saturated rings. The molecule has 124 valence electrons. The summed E-state index contributed by atoms with van der Waals surface area (Å²) in [5.74, 6) is -0.164. The summed E-state index contributed by atoms with van der Waals surface area (Å²) in [6.07, 6.45) is 1.63. The van der Waals surface area contributed by atoms with E-state index in [2.05, 4.69) is 30.0 Å². The molecule has 0 saturated carbocycles. The molecule has 0 spiro atoms. The molecule has 0 aromatic heterocycles. The van der Waals surface area contributed by atoms with E-state index in [9.17, 15) is 9.59 Å². The van der Waals surface area contributed by atoms with Crippen LogP contribution in [0.3, 0.4) is 0 Å². The minimum Gasteiger partial charge on any atom is -0.326 e. The molecule has 0 aliphatic carbocycles. The van der Waals surface area contributed by atoms with Crippen molar-refractivity contribution < 1.29 is 9.59 Å². The van der Waals surface area contributed by atoms with Crippen LogP contribution in [0.4, 0.5) is 21.9 Å². The topological polar surface area (TPSA) is 61.4 Å². The monoisotopic (exact) mass is 361 g/mol. The van der Waals surface area contributed by atoms with Gasteiger partial charge in [0.15, 0.2) is 0 Å². The van der Waals surface area contributed by atoms with Crippen molar-refractivity contribution in [2.45, 2.75) is 6.92 Å². The second-order valence-electron chi connectivity index (χ2n) is 4.91. The highest BCUT2D eigenvalue weighted by atomic mass is 35.5. The van der Waals surface area contributed by atoms with Crippen LogP contribution in [0.15, 0.2) is 49.0 Å². The van der Waals surface area contributed by atoms with Crippen molar-refractivity contribution in [2.75, 3.05) is 14.9 Å². The van der Waals surface area contributed by atoms with Crippen molar-refractivity contribution in [3.05, 3.63) is 59.6 Å². The maximum atomic E-state index is 12.2. The Morgan fingerprint density at radius 2 is 1.75 bits per heavy atom. The van der Waals surface area contributed by atoms with E-state index >= 15 is 0 Å². The highest BCUT2D eigenvalue weighted by Gasteiger charge is 2.13. The van der Waals surface area contributed by atoms with Gasteiger partial charge in [-0.05, 0) is 42.0 Å². The number of carbonyl (C=O) groups excluding carboxylic acids is 2. The molecule has 7 heteroatoms. The fourth-order valence-corrected chi connectivity index (χ4v) is 2.39. The lowest BCUT2D eigenvalue weighted by molar-refractivity contribution is -0.114. The van der Waals surface area contributed by atoms with Gasteiger partial charge in [-0.25, -0.2) is 9.10 Å². The summed E-state index contributed by atoms with van der Waals surface area (Å²) >= 11 is 10.3. The first-order chi connectivity index (χ1) is 11.4. The lowest BCUT2D eigenvalue weighted by Crippen LogP contribution is -2.26. The standard InChI is InChI=1S/C17H16ClN3O2S/c1-3-12-4-5-14(10-16(12)18)20-17(23)21(24)15-8-6-13(7-9-15)19-11(2)22/h3-10,24H,1H2,2H3,(H,19,22)(H,20,23). The van der Waals surface area contributed by atoms with E-state index in [-0.39, 0.29) is 5.91 Å². The molecular weight excluding hydrogens is 346 g/mol. The summed E-state index contributed by atoms with van der Waals surface area (Å²) in [5.41, 5.74) is 2.52. The molecule has 0 bridgehead atoms. The molecule has 0 heterocycles. The molecule has 0 aliphatic heterocycles. The Bertz CT molecular complexity index is 778. The first-order valence-electron chi connectivity index (χ1n) is 7.00. The van der Waals surface area contributed by atoms with Crippen molar-refractivity contribution >= 4 is 59.5 Å². The molecule has 2 aromatic carbocycles. The second-order valence-corrected chi connectivity index (χ2v) is 5.72. The van der Waals surface area contributed by atoms with Gasteiger partial charge in [0.05, 0.1) is 5.69 Å². The van der Waals surface area contributed by atoms with Crippen LogP contribution in [-0.2, 0) is 4.79 Å². The molecular formula is C17H16ClN3O2S. The fourth-order valence-electron chi connectivity index (χ4n) is 1.95. The fraction of sp³-hybridized carbons (Fsp3) is 0.0588. The van der Waals surface area contributed by atoms with E-state index in [1.165, 1.54) is 6.92 Å². The first-order valence-corrected chi connectivity index (χ1v) is 7.78. The van der Waals surface area contributed by atoms with Crippen LogP contribution in [0.1, 0.15) is 12.5 Å². The molecule has 0 atom stereocenters. The molecule has 24 heavy (non-hydrogen) atoms. The third-order valence-corrected chi connectivity index (χ3v) is 3.84. The van der Waals surface area contributed by atoms with Gasteiger partial charge in [0.2, 0.25) is 5.91 Å². The van der Waals surface area contributed by atoms with Crippen molar-refractivity contribution in [3.63, 3.8) is 0 Å². The minimum atomic E-state index is -0.437. The van der Waals surface area contributed by atoms with Gasteiger partial charge < -0.3 is 10.6 Å². The average Bonchev–Trinajstić information content (AvgIpc) is 2.54. The van der Waals surface area contributed by atoms with Gasteiger partial charge in [0.1, 0.15) is 0 Å². The van der Waals surface area contributed by atoms with Gasteiger partial charge in [0, 0.05) is 23.3 Å². The van der Waals surface area contributed by atoms with Crippen molar-refractivity contribution in [3.8, 4) is 0 Å². The molecule has 2 N–H and O–H groups in total. The zero-order chi connectivity index (χ0) is 17.7. The Kier molecular flexibility index (Phi) is 5.89. The number of halogens is 1. The quantitative estimate of drug-likeness (QED) is 0.683. The number of nitrogens with zero attached hydrogens (tertiary/aromatic N) is 1. The largest absolute Gasteiger partial charge is 0.336 e. The van der Waals surface area contributed by atoms with Gasteiger partial charge in [0.25, 0.3) is 0 Å². The Labute approximate surface area is 150 Å². The van der Waals surface area contributed by atoms with Crippen LogP contribution < -0.4 is 14.9 Å². The summed E-state index contributed by atoms with van der Waals surface area (Å²) in [4.78, 5) is 23.2. The van der Waals surface area contributed by atoms with Crippen LogP contribution in [0.5, 0.6) is 0 Å². The van der Waals surface area contributed by atoms with Gasteiger partial charge in [-0.15, -0.1) is 0 Å². The molecule has 0 radical (unpaired) electrons. The summed E-state index contributed by atoms with van der Waals surface area (Å²) in [6, 6.07) is 11.4. The molecule has 0 saturated heterocycles. The number of hydrogen-bond donors (Lipinski definition) is 3. The van der Waals surface area contributed by atoms with Crippen LogP contribution >= 0.6 is 24.4 Å². The summed E-state index contributed by atoms with van der Waals surface area (Å²) in [6.45, 7) is 5.08. The predicted molar refractivity (Wildman–Crippen MR) is 103 cm³/mol. The molecule has 0 aliphatic rings. The molecule has 0 unspecified atom stereocenters. The Morgan fingerprint density at radius 3 is 2.29 bits per heavy atom. The van der Waals surface area contributed by atoms with E-state index in [0.717, 1.165) is 9.87 Å². The van der Waals surface area contributed by atoms with Gasteiger partial charge in [-0.3, -0.25) is 4.79 Å². The Hall–Kier alpha value is -2.44. The molecule has 2 aromatic rings. The Balaban J connectivity index is 2.07. The van der Waals surface area contributed by atoms with Crippen LogP contribution in [0.25, 0.3) is 6.08 Å². The molecule has 3 amide bonds. The predicted octanol–water partition coefficient (Wildman–Crippen LogP) is 4.82. The highest BCUT2D eigenvalue weighted by molar-refractivity contribution is 7.82. The van der Waals surface area contributed by atoms with E-state index in [1.54, 1.807) is 48.5 Å². The number of urea groups is 1. The smallest absolute Gasteiger partial charge is 0.326 e. The first kappa shape index (κ1) is 17.9. The summed E-state index contributed by atoms with van der Waals surface area (Å²) in [7, 11) is 0. The van der Waals surface area contributed by atoms with E-state index in [4.69, 9.17) is 11.6 Å². The zero-order valence-corrected chi connectivity index (χ0v) is 14.6. The Morgan fingerprint density at radius 1 is 1.12 bits per heavy atom. The lowest BCUT2D eigenvalue weighted by atomic mass is 10.2. The third-order valence-electron chi connectivity index (χ3n) is 3.10. The van der Waals surface area contributed by atoms with Crippen LogP contribution in [0.2, 0.25) is 5.02 Å². The number of rotatable bonds is 4. The minimum absolute atomic E-state index is 0.164. The van der Waals surface area contributed by atoms with Crippen molar-refractivity contribution in [1.82, 2.24) is 0 Å². The van der Waals surface area contributed by atoms with Gasteiger partial charge in [-0.2, -0.15) is 0 Å². The number of carbonyl (C=O) groups is 2. The lowest BCUT2D eigenvalue weighted by Gasteiger charge is -2.17. The van der Waals surface area contributed by atoms with Gasteiger partial charge >= 0.3 is 6.03 Å². The molecule has 2 rings (SSSR count). The number of thiol groups is 1. The molecule has 5 nitrogen and oxygen atoms in total. The SMILES string of the molecule is C=Cc1ccc(NC(=O)N(S)c2ccc(NC(C)=O)cc2)cc1Cl. The second kappa shape index (κ2) is 7.90. The number of hydrogen-bond acceptors (Lipinski definition) is 3. The summed E-state index contributed by atoms with van der Waals surface area (Å²) in [5, 5.41) is 5.85. The zero-order valence-electron chi connectivity index (χ0n) is 12.9. The third kappa shape index (κ3) is 4.53. The van der Waals surface area contributed by atoms with Crippen LogP contribution in [-0.4, -0.2) is 11.9 Å². The van der Waals surface area contributed by atoms with E-state index in [0.29, 0.717) is 22.1 Å². The number of anilines is 3. The van der Waals surface area contributed by atoms with Gasteiger partial charge in [-0.1, -0.05) is 43.1 Å². The van der Waals surface area contributed by atoms with E-state index in [1.807, 2.05) is 0 Å². The average molecular weight is 362 g/mol. The maximum Gasteiger partial charge on any atom is 0.336 e. The van der Waals surface area contributed by atoms with Crippen LogP contribution in [0, 0.1) is 0 Å².